The van der Waals surface area contributed by atoms with Crippen molar-refractivity contribution in [1.82, 2.24) is 0 Å². The van der Waals surface area contributed by atoms with E-state index in [4.69, 9.17) is 18.9 Å². The van der Waals surface area contributed by atoms with Crippen molar-refractivity contribution in [2.24, 2.45) is 0 Å². The first-order chi connectivity index (χ1) is 16.1. The summed E-state index contributed by atoms with van der Waals surface area (Å²) >= 11 is 0. The Morgan fingerprint density at radius 2 is 1.36 bits per heavy atom. The number of carbonyl (C=O) groups excluding carboxylic acids is 1. The van der Waals surface area contributed by atoms with E-state index >= 15 is 0 Å². The first kappa shape index (κ1) is 22.0. The Labute approximate surface area is 192 Å². The smallest absolute Gasteiger partial charge is 0.343 e. The quantitative estimate of drug-likeness (QED) is 0.193. The van der Waals surface area contributed by atoms with Crippen molar-refractivity contribution >= 4 is 28.9 Å². The van der Waals surface area contributed by atoms with E-state index in [0.717, 1.165) is 11.1 Å². The van der Waals surface area contributed by atoms with Crippen LogP contribution in [0.1, 0.15) is 21.5 Å². The number of fused-ring (bicyclic) bond motifs is 1. The molecule has 4 aromatic carbocycles. The van der Waals surface area contributed by atoms with Crippen molar-refractivity contribution in [2.75, 3.05) is 21.3 Å². The van der Waals surface area contributed by atoms with Crippen LogP contribution in [-0.4, -0.2) is 27.3 Å². The van der Waals surface area contributed by atoms with Crippen LogP contribution in [0.2, 0.25) is 0 Å². The minimum absolute atomic E-state index is 0.333. The van der Waals surface area contributed by atoms with Crippen molar-refractivity contribution < 1.29 is 23.7 Å². The van der Waals surface area contributed by atoms with Crippen LogP contribution in [-0.2, 0) is 0 Å². The zero-order chi connectivity index (χ0) is 23.2. The van der Waals surface area contributed by atoms with E-state index in [1.165, 1.54) is 25.0 Å². The average molecular weight is 440 g/mol. The molecule has 0 fully saturated rings. The first-order valence-electron chi connectivity index (χ1n) is 10.4. The third-order valence-corrected chi connectivity index (χ3v) is 5.29. The van der Waals surface area contributed by atoms with Gasteiger partial charge in [0.1, 0.15) is 0 Å². The van der Waals surface area contributed by atoms with Gasteiger partial charge in [-0.1, -0.05) is 60.7 Å². The molecule has 0 aromatic heterocycles. The Morgan fingerprint density at radius 1 is 0.667 bits per heavy atom. The van der Waals surface area contributed by atoms with E-state index in [-0.39, 0.29) is 0 Å². The third-order valence-electron chi connectivity index (χ3n) is 5.29. The van der Waals surface area contributed by atoms with Gasteiger partial charge < -0.3 is 18.9 Å². The maximum atomic E-state index is 12.7. The number of esters is 1. The maximum absolute atomic E-state index is 12.7. The summed E-state index contributed by atoms with van der Waals surface area (Å²) in [6, 6.07) is 24.8. The van der Waals surface area contributed by atoms with Gasteiger partial charge in [-0.25, -0.2) is 4.79 Å². The molecular weight excluding hydrogens is 416 g/mol. The molecule has 0 saturated carbocycles. The summed E-state index contributed by atoms with van der Waals surface area (Å²) in [5, 5.41) is 2.37. The molecule has 33 heavy (non-hydrogen) atoms. The molecule has 0 N–H and O–H groups in total. The SMILES string of the molecule is COc1ccc(C(=O)Oc2ccc(C=Cc3cccc4ccccc34)cc2OC)cc1OC. The van der Waals surface area contributed by atoms with Gasteiger partial charge in [0, 0.05) is 0 Å². The number of carbonyl (C=O) groups is 1. The summed E-state index contributed by atoms with van der Waals surface area (Å²) in [6.45, 7) is 0. The second-order valence-electron chi connectivity index (χ2n) is 7.27. The normalized spacial score (nSPS) is 10.9. The summed E-state index contributed by atoms with van der Waals surface area (Å²) in [4.78, 5) is 12.7. The van der Waals surface area contributed by atoms with E-state index in [1.54, 1.807) is 31.4 Å². The van der Waals surface area contributed by atoms with Crippen LogP contribution in [0.4, 0.5) is 0 Å². The molecular formula is C28H24O5. The lowest BCUT2D eigenvalue weighted by molar-refractivity contribution is 0.0729. The van der Waals surface area contributed by atoms with E-state index < -0.39 is 5.97 Å². The summed E-state index contributed by atoms with van der Waals surface area (Å²) in [6.07, 6.45) is 4.07. The summed E-state index contributed by atoms with van der Waals surface area (Å²) in [5.41, 5.74) is 2.39. The van der Waals surface area contributed by atoms with Crippen LogP contribution in [0.15, 0.2) is 78.9 Å². The predicted molar refractivity (Wildman–Crippen MR) is 130 cm³/mol. The zero-order valence-electron chi connectivity index (χ0n) is 18.7. The minimum atomic E-state index is -0.520. The van der Waals surface area contributed by atoms with Gasteiger partial charge in [0.15, 0.2) is 23.0 Å². The van der Waals surface area contributed by atoms with Crippen molar-refractivity contribution in [3.63, 3.8) is 0 Å². The van der Waals surface area contributed by atoms with Gasteiger partial charge in [-0.3, -0.25) is 0 Å². The number of hydrogen-bond donors (Lipinski definition) is 0. The Balaban J connectivity index is 1.56. The molecule has 0 aliphatic heterocycles. The van der Waals surface area contributed by atoms with Gasteiger partial charge >= 0.3 is 5.97 Å². The fourth-order valence-corrected chi connectivity index (χ4v) is 3.58. The van der Waals surface area contributed by atoms with Crippen LogP contribution in [0, 0.1) is 0 Å². The molecule has 4 rings (SSSR count). The highest BCUT2D eigenvalue weighted by atomic mass is 16.6. The summed E-state index contributed by atoms with van der Waals surface area (Å²) in [7, 11) is 4.60. The fourth-order valence-electron chi connectivity index (χ4n) is 3.58. The molecule has 0 radical (unpaired) electrons. The summed E-state index contributed by atoms with van der Waals surface area (Å²) < 4.78 is 21.5. The third kappa shape index (κ3) is 4.83. The zero-order valence-corrected chi connectivity index (χ0v) is 18.7. The largest absolute Gasteiger partial charge is 0.493 e. The van der Waals surface area contributed by atoms with Gasteiger partial charge in [-0.05, 0) is 52.2 Å². The van der Waals surface area contributed by atoms with E-state index in [1.807, 2.05) is 36.4 Å². The molecule has 5 heteroatoms. The Bertz CT molecular complexity index is 1320. The lowest BCUT2D eigenvalue weighted by Gasteiger charge is -2.12. The molecule has 4 aromatic rings. The lowest BCUT2D eigenvalue weighted by atomic mass is 10.0. The van der Waals surface area contributed by atoms with Crippen LogP contribution in [0.3, 0.4) is 0 Å². The van der Waals surface area contributed by atoms with E-state index in [2.05, 4.69) is 30.3 Å². The maximum Gasteiger partial charge on any atom is 0.343 e. The molecule has 5 nitrogen and oxygen atoms in total. The molecule has 0 spiro atoms. The molecule has 166 valence electrons. The second-order valence-corrected chi connectivity index (χ2v) is 7.27. The fraction of sp³-hybridized carbons (Fsp3) is 0.107. The van der Waals surface area contributed by atoms with Crippen molar-refractivity contribution in [1.29, 1.82) is 0 Å². The molecule has 0 saturated heterocycles. The summed E-state index contributed by atoms with van der Waals surface area (Å²) in [5.74, 6) is 1.26. The Morgan fingerprint density at radius 3 is 2.15 bits per heavy atom. The van der Waals surface area contributed by atoms with Gasteiger partial charge in [-0.15, -0.1) is 0 Å². The Hall–Kier alpha value is -4.25. The topological polar surface area (TPSA) is 54.0 Å². The molecule has 0 bridgehead atoms. The molecule has 0 atom stereocenters. The number of ether oxygens (including phenoxy) is 4. The van der Waals surface area contributed by atoms with E-state index in [9.17, 15) is 4.79 Å². The van der Waals surface area contributed by atoms with Crippen LogP contribution < -0.4 is 18.9 Å². The molecule has 0 heterocycles. The number of benzene rings is 4. The van der Waals surface area contributed by atoms with Crippen LogP contribution in [0.25, 0.3) is 22.9 Å². The average Bonchev–Trinajstić information content (AvgIpc) is 2.87. The molecule has 0 aliphatic rings. The standard InChI is InChI=1S/C28H24O5/c1-30-24-16-14-22(18-27(24)32-3)28(29)33-25-15-12-19(17-26(25)31-2)11-13-21-9-6-8-20-7-4-5-10-23(20)21/h4-18H,1-3H3. The monoisotopic (exact) mass is 440 g/mol. The molecule has 0 amide bonds. The molecule has 0 unspecified atom stereocenters. The predicted octanol–water partition coefficient (Wildman–Crippen LogP) is 6.26. The van der Waals surface area contributed by atoms with Gasteiger partial charge in [0.25, 0.3) is 0 Å². The number of methoxy groups -OCH3 is 3. The van der Waals surface area contributed by atoms with Crippen LogP contribution >= 0.6 is 0 Å². The lowest BCUT2D eigenvalue weighted by Crippen LogP contribution is -2.09. The Kier molecular flexibility index (Phi) is 6.60. The van der Waals surface area contributed by atoms with Gasteiger partial charge in [-0.2, -0.15) is 0 Å². The van der Waals surface area contributed by atoms with E-state index in [0.29, 0.717) is 28.6 Å². The van der Waals surface area contributed by atoms with Gasteiger partial charge in [0.05, 0.1) is 26.9 Å². The second kappa shape index (κ2) is 9.92. The number of hydrogen-bond acceptors (Lipinski definition) is 5. The highest BCUT2D eigenvalue weighted by molar-refractivity contribution is 5.93. The van der Waals surface area contributed by atoms with Crippen molar-refractivity contribution in [3.05, 3.63) is 95.6 Å². The van der Waals surface area contributed by atoms with Crippen molar-refractivity contribution in [2.45, 2.75) is 0 Å². The highest BCUT2D eigenvalue weighted by Gasteiger charge is 2.15. The minimum Gasteiger partial charge on any atom is -0.493 e. The number of rotatable bonds is 7. The van der Waals surface area contributed by atoms with Crippen molar-refractivity contribution in [3.8, 4) is 23.0 Å². The van der Waals surface area contributed by atoms with Crippen LogP contribution in [0.5, 0.6) is 23.0 Å². The molecule has 0 aliphatic carbocycles. The highest BCUT2D eigenvalue weighted by Crippen LogP contribution is 2.32. The van der Waals surface area contributed by atoms with Gasteiger partial charge in [0.2, 0.25) is 0 Å². The first-order valence-corrected chi connectivity index (χ1v) is 10.4.